The molecule has 0 aliphatic carbocycles. The zero-order chi connectivity index (χ0) is 20.9. The van der Waals surface area contributed by atoms with Crippen molar-refractivity contribution in [2.75, 3.05) is 17.7 Å². The zero-order valence-corrected chi connectivity index (χ0v) is 18.0. The van der Waals surface area contributed by atoms with Crippen molar-refractivity contribution in [2.24, 2.45) is 0 Å². The van der Waals surface area contributed by atoms with Crippen LogP contribution in [0.15, 0.2) is 58.8 Å². The fourth-order valence-electron chi connectivity index (χ4n) is 2.52. The topological polar surface area (TPSA) is 85.4 Å². The Morgan fingerprint density at radius 2 is 1.83 bits per heavy atom. The summed E-state index contributed by atoms with van der Waals surface area (Å²) in [5, 5.41) is 5.36. The molecule has 2 aromatic carbocycles. The minimum atomic E-state index is -3.56. The molecule has 0 saturated carbocycles. The van der Waals surface area contributed by atoms with E-state index in [4.69, 9.17) is 16.3 Å². The second-order valence-electron chi connectivity index (χ2n) is 6.07. The van der Waals surface area contributed by atoms with Crippen molar-refractivity contribution in [1.29, 1.82) is 0 Å². The van der Waals surface area contributed by atoms with Gasteiger partial charge in [-0.3, -0.25) is 4.79 Å². The maximum absolute atomic E-state index is 12.3. The summed E-state index contributed by atoms with van der Waals surface area (Å²) in [5.74, 6) is 0.0782. The third-order valence-corrected chi connectivity index (χ3v) is 6.72. The van der Waals surface area contributed by atoms with Gasteiger partial charge in [-0.05, 0) is 55.5 Å². The van der Waals surface area contributed by atoms with Crippen LogP contribution in [0.3, 0.4) is 0 Å². The summed E-state index contributed by atoms with van der Waals surface area (Å²) in [7, 11) is -3.56. The van der Waals surface area contributed by atoms with Crippen molar-refractivity contribution >= 4 is 43.8 Å². The van der Waals surface area contributed by atoms with Crippen LogP contribution in [0.4, 0.5) is 5.13 Å². The Balaban J connectivity index is 1.58. The van der Waals surface area contributed by atoms with Gasteiger partial charge in [0, 0.05) is 22.4 Å². The van der Waals surface area contributed by atoms with E-state index in [1.165, 1.54) is 35.6 Å². The molecule has 3 rings (SSSR count). The van der Waals surface area contributed by atoms with Crippen LogP contribution in [0.1, 0.15) is 13.3 Å². The highest BCUT2D eigenvalue weighted by molar-refractivity contribution is 7.91. The number of carbonyl (C=O) groups excluding carboxylic acids is 1. The van der Waals surface area contributed by atoms with Gasteiger partial charge in [-0.1, -0.05) is 11.6 Å². The third kappa shape index (κ3) is 5.79. The first-order valence-electron chi connectivity index (χ1n) is 8.84. The lowest BCUT2D eigenvalue weighted by Crippen LogP contribution is -2.17. The molecule has 0 aliphatic rings. The molecule has 6 nitrogen and oxygen atoms in total. The lowest BCUT2D eigenvalue weighted by atomic mass is 10.2. The Hall–Kier alpha value is -2.42. The highest BCUT2D eigenvalue weighted by Crippen LogP contribution is 2.26. The van der Waals surface area contributed by atoms with E-state index in [0.29, 0.717) is 16.8 Å². The van der Waals surface area contributed by atoms with E-state index in [1.807, 2.05) is 36.6 Å². The summed E-state index contributed by atoms with van der Waals surface area (Å²) >= 11 is 7.06. The number of aromatic nitrogens is 1. The number of thiazole rings is 1. The predicted molar refractivity (Wildman–Crippen MR) is 115 cm³/mol. The molecule has 0 fully saturated rings. The molecule has 29 heavy (non-hydrogen) atoms. The van der Waals surface area contributed by atoms with Crippen molar-refractivity contribution in [1.82, 2.24) is 4.98 Å². The molecule has 0 spiro atoms. The first kappa shape index (κ1) is 21.3. The minimum absolute atomic E-state index is 0.140. The molecule has 0 atom stereocenters. The van der Waals surface area contributed by atoms with E-state index >= 15 is 0 Å². The summed E-state index contributed by atoms with van der Waals surface area (Å²) in [4.78, 5) is 16.7. The monoisotopic (exact) mass is 450 g/mol. The largest absolute Gasteiger partial charge is 0.494 e. The zero-order valence-electron chi connectivity index (χ0n) is 15.6. The first-order valence-corrected chi connectivity index (χ1v) is 11.8. The number of benzene rings is 2. The number of halogens is 1. The number of sulfone groups is 1. The molecule has 9 heteroatoms. The molecule has 152 valence electrons. The van der Waals surface area contributed by atoms with Gasteiger partial charge in [0.05, 0.1) is 22.9 Å². The molecule has 0 saturated heterocycles. The van der Waals surface area contributed by atoms with Gasteiger partial charge in [-0.2, -0.15) is 0 Å². The van der Waals surface area contributed by atoms with Crippen LogP contribution in [0.2, 0.25) is 5.02 Å². The van der Waals surface area contributed by atoms with Gasteiger partial charge in [0.2, 0.25) is 5.91 Å². The highest BCUT2D eigenvalue weighted by atomic mass is 35.5. The molecule has 1 aromatic heterocycles. The Bertz CT molecular complexity index is 1080. The number of amides is 1. The number of ether oxygens (including phenoxy) is 1. The summed E-state index contributed by atoms with van der Waals surface area (Å²) in [6.45, 7) is 2.52. The van der Waals surface area contributed by atoms with Gasteiger partial charge < -0.3 is 10.1 Å². The van der Waals surface area contributed by atoms with E-state index < -0.39 is 15.7 Å². The second-order valence-corrected chi connectivity index (χ2v) is 9.47. The first-order chi connectivity index (χ1) is 13.9. The standard InChI is InChI=1S/C20H19ClN2O4S2/c1-2-27-16-7-3-14(4-8-16)18-13-28-20(22-18)23-19(24)11-12-29(25,26)17-9-5-15(21)6-10-17/h3-10,13H,2,11-12H2,1H3,(H,22,23,24). The Morgan fingerprint density at radius 3 is 2.48 bits per heavy atom. The van der Waals surface area contributed by atoms with Crippen LogP contribution in [-0.4, -0.2) is 31.7 Å². The summed E-state index contributed by atoms with van der Waals surface area (Å²) in [5.41, 5.74) is 1.62. The maximum Gasteiger partial charge on any atom is 0.227 e. The summed E-state index contributed by atoms with van der Waals surface area (Å²) in [6.07, 6.45) is -0.164. The van der Waals surface area contributed by atoms with E-state index in [0.717, 1.165) is 17.0 Å². The Kier molecular flexibility index (Phi) is 6.89. The Morgan fingerprint density at radius 1 is 1.14 bits per heavy atom. The van der Waals surface area contributed by atoms with Crippen LogP contribution < -0.4 is 10.1 Å². The quantitative estimate of drug-likeness (QED) is 0.539. The van der Waals surface area contributed by atoms with E-state index in [-0.39, 0.29) is 17.1 Å². The number of anilines is 1. The van der Waals surface area contributed by atoms with Crippen LogP contribution in [0.5, 0.6) is 5.75 Å². The number of rotatable bonds is 8. The van der Waals surface area contributed by atoms with E-state index in [9.17, 15) is 13.2 Å². The maximum atomic E-state index is 12.3. The van der Waals surface area contributed by atoms with Gasteiger partial charge in [0.15, 0.2) is 15.0 Å². The number of nitrogens with zero attached hydrogens (tertiary/aromatic N) is 1. The summed E-state index contributed by atoms with van der Waals surface area (Å²) < 4.78 is 30.1. The molecule has 1 N–H and O–H groups in total. The summed E-state index contributed by atoms with van der Waals surface area (Å²) in [6, 6.07) is 13.4. The number of nitrogens with one attached hydrogen (secondary N) is 1. The molecule has 3 aromatic rings. The highest BCUT2D eigenvalue weighted by Gasteiger charge is 2.17. The lowest BCUT2D eigenvalue weighted by molar-refractivity contribution is -0.115. The Labute approximate surface area is 178 Å². The van der Waals surface area contributed by atoms with Gasteiger partial charge in [0.1, 0.15) is 5.75 Å². The smallest absolute Gasteiger partial charge is 0.227 e. The van der Waals surface area contributed by atoms with E-state index in [1.54, 1.807) is 0 Å². The molecular weight excluding hydrogens is 432 g/mol. The van der Waals surface area contributed by atoms with Crippen molar-refractivity contribution < 1.29 is 17.9 Å². The van der Waals surface area contributed by atoms with Crippen molar-refractivity contribution in [2.45, 2.75) is 18.2 Å². The van der Waals surface area contributed by atoms with Crippen LogP contribution in [-0.2, 0) is 14.6 Å². The molecular formula is C20H19ClN2O4S2. The molecule has 0 radical (unpaired) electrons. The molecule has 1 amide bonds. The number of hydrogen-bond acceptors (Lipinski definition) is 6. The van der Waals surface area contributed by atoms with Crippen molar-refractivity contribution in [3.63, 3.8) is 0 Å². The normalized spacial score (nSPS) is 11.2. The van der Waals surface area contributed by atoms with E-state index in [2.05, 4.69) is 10.3 Å². The number of hydrogen-bond donors (Lipinski definition) is 1. The van der Waals surface area contributed by atoms with Crippen molar-refractivity contribution in [3.05, 3.63) is 58.9 Å². The molecule has 0 unspecified atom stereocenters. The second kappa shape index (κ2) is 9.39. The molecule has 0 aliphatic heterocycles. The SMILES string of the molecule is CCOc1ccc(-c2csc(NC(=O)CCS(=O)(=O)c3ccc(Cl)cc3)n2)cc1. The average molecular weight is 451 g/mol. The van der Waals surface area contributed by atoms with Gasteiger partial charge in [-0.15, -0.1) is 11.3 Å². The fourth-order valence-corrected chi connectivity index (χ4v) is 4.62. The van der Waals surface area contributed by atoms with Gasteiger partial charge in [0.25, 0.3) is 0 Å². The fraction of sp³-hybridized carbons (Fsp3) is 0.200. The van der Waals surface area contributed by atoms with Crippen LogP contribution in [0.25, 0.3) is 11.3 Å². The average Bonchev–Trinajstić information content (AvgIpc) is 3.16. The van der Waals surface area contributed by atoms with Gasteiger partial charge >= 0.3 is 0 Å². The minimum Gasteiger partial charge on any atom is -0.494 e. The van der Waals surface area contributed by atoms with Crippen molar-refractivity contribution in [3.8, 4) is 17.0 Å². The predicted octanol–water partition coefficient (Wildman–Crippen LogP) is 4.66. The molecule has 1 heterocycles. The molecule has 0 bridgehead atoms. The van der Waals surface area contributed by atoms with Crippen LogP contribution in [0, 0.1) is 0 Å². The number of carbonyl (C=O) groups is 1. The van der Waals surface area contributed by atoms with Gasteiger partial charge in [-0.25, -0.2) is 13.4 Å². The van der Waals surface area contributed by atoms with Crippen LogP contribution >= 0.6 is 22.9 Å². The lowest BCUT2D eigenvalue weighted by Gasteiger charge is -2.05. The third-order valence-electron chi connectivity index (χ3n) is 3.98.